The quantitative estimate of drug-likeness (QED) is 0.767. The van der Waals surface area contributed by atoms with Crippen LogP contribution in [0.25, 0.3) is 0 Å². The standard InChI is InChI=1S/C15H20N2O4/c1-3-21-12-6-4-11(5-7-12)16-13-10-14(18)17(15(13)19)8-9-20-2/h4-7,13,16H,3,8-10H2,1-2H3/t13-/m0/s1. The molecule has 2 rings (SSSR count). The zero-order chi connectivity index (χ0) is 15.2. The fraction of sp³-hybridized carbons (Fsp3) is 0.467. The van der Waals surface area contributed by atoms with Crippen LogP contribution < -0.4 is 10.1 Å². The van der Waals surface area contributed by atoms with E-state index in [0.717, 1.165) is 11.4 Å². The van der Waals surface area contributed by atoms with Crippen molar-refractivity contribution in [2.75, 3.05) is 32.2 Å². The molecule has 0 aliphatic carbocycles. The summed E-state index contributed by atoms with van der Waals surface area (Å²) in [5.74, 6) is 0.407. The highest BCUT2D eigenvalue weighted by Gasteiger charge is 2.38. The van der Waals surface area contributed by atoms with Gasteiger partial charge in [-0.25, -0.2) is 0 Å². The van der Waals surface area contributed by atoms with Gasteiger partial charge in [-0.1, -0.05) is 0 Å². The van der Waals surface area contributed by atoms with Crippen molar-refractivity contribution in [3.05, 3.63) is 24.3 Å². The monoisotopic (exact) mass is 292 g/mol. The molecule has 1 heterocycles. The first kappa shape index (κ1) is 15.3. The molecule has 0 unspecified atom stereocenters. The Morgan fingerprint density at radius 1 is 1.29 bits per heavy atom. The molecule has 1 saturated heterocycles. The first-order chi connectivity index (χ1) is 10.2. The summed E-state index contributed by atoms with van der Waals surface area (Å²) < 4.78 is 10.3. The molecule has 1 atom stereocenters. The molecule has 1 aliphatic heterocycles. The molecule has 1 aliphatic rings. The predicted octanol–water partition coefficient (Wildman–Crippen LogP) is 1.27. The van der Waals surface area contributed by atoms with Gasteiger partial charge >= 0.3 is 0 Å². The van der Waals surface area contributed by atoms with E-state index in [1.54, 1.807) is 7.11 Å². The summed E-state index contributed by atoms with van der Waals surface area (Å²) >= 11 is 0. The van der Waals surface area contributed by atoms with E-state index in [9.17, 15) is 9.59 Å². The maximum Gasteiger partial charge on any atom is 0.252 e. The third-order valence-electron chi connectivity index (χ3n) is 3.27. The summed E-state index contributed by atoms with van der Waals surface area (Å²) in [5, 5.41) is 3.09. The molecule has 0 spiro atoms. The Labute approximate surface area is 124 Å². The van der Waals surface area contributed by atoms with Crippen LogP contribution in [0.1, 0.15) is 13.3 Å². The fourth-order valence-corrected chi connectivity index (χ4v) is 2.23. The summed E-state index contributed by atoms with van der Waals surface area (Å²) in [7, 11) is 1.54. The van der Waals surface area contributed by atoms with E-state index in [0.29, 0.717) is 19.8 Å². The van der Waals surface area contributed by atoms with Crippen LogP contribution in [0.15, 0.2) is 24.3 Å². The van der Waals surface area contributed by atoms with Crippen molar-refractivity contribution in [2.45, 2.75) is 19.4 Å². The summed E-state index contributed by atoms with van der Waals surface area (Å²) in [6, 6.07) is 6.82. The number of methoxy groups -OCH3 is 1. The number of nitrogens with one attached hydrogen (secondary N) is 1. The highest BCUT2D eigenvalue weighted by atomic mass is 16.5. The van der Waals surface area contributed by atoms with E-state index >= 15 is 0 Å². The van der Waals surface area contributed by atoms with Gasteiger partial charge in [0.25, 0.3) is 5.91 Å². The first-order valence-corrected chi connectivity index (χ1v) is 6.98. The maximum atomic E-state index is 12.2. The zero-order valence-electron chi connectivity index (χ0n) is 12.3. The van der Waals surface area contributed by atoms with Crippen molar-refractivity contribution in [1.82, 2.24) is 4.90 Å². The number of hydrogen-bond acceptors (Lipinski definition) is 5. The van der Waals surface area contributed by atoms with E-state index < -0.39 is 6.04 Å². The van der Waals surface area contributed by atoms with Crippen LogP contribution in [0, 0.1) is 0 Å². The first-order valence-electron chi connectivity index (χ1n) is 6.98. The lowest BCUT2D eigenvalue weighted by Gasteiger charge is -2.15. The second-order valence-corrected chi connectivity index (χ2v) is 4.73. The van der Waals surface area contributed by atoms with Crippen molar-refractivity contribution in [1.29, 1.82) is 0 Å². The van der Waals surface area contributed by atoms with Gasteiger partial charge in [0.2, 0.25) is 5.91 Å². The molecule has 114 valence electrons. The van der Waals surface area contributed by atoms with E-state index in [2.05, 4.69) is 5.32 Å². The molecule has 0 aromatic heterocycles. The van der Waals surface area contributed by atoms with Crippen LogP contribution in [-0.2, 0) is 14.3 Å². The van der Waals surface area contributed by atoms with Crippen LogP contribution in [0.2, 0.25) is 0 Å². The SMILES string of the molecule is CCOc1ccc(N[C@H]2CC(=O)N(CCOC)C2=O)cc1. The van der Waals surface area contributed by atoms with Gasteiger partial charge in [0, 0.05) is 12.8 Å². The van der Waals surface area contributed by atoms with Crippen molar-refractivity contribution >= 4 is 17.5 Å². The minimum absolute atomic E-state index is 0.166. The third kappa shape index (κ3) is 3.72. The van der Waals surface area contributed by atoms with Gasteiger partial charge in [-0.3, -0.25) is 14.5 Å². The molecule has 6 heteroatoms. The molecule has 6 nitrogen and oxygen atoms in total. The molecular formula is C15H20N2O4. The summed E-state index contributed by atoms with van der Waals surface area (Å²) in [5.41, 5.74) is 0.790. The topological polar surface area (TPSA) is 67.9 Å². The highest BCUT2D eigenvalue weighted by Crippen LogP contribution is 2.20. The number of rotatable bonds is 7. The van der Waals surface area contributed by atoms with Crippen molar-refractivity contribution in [3.63, 3.8) is 0 Å². The van der Waals surface area contributed by atoms with E-state index in [1.807, 2.05) is 31.2 Å². The molecule has 2 amide bonds. The average molecular weight is 292 g/mol. The molecule has 1 aromatic carbocycles. The van der Waals surface area contributed by atoms with Gasteiger partial charge < -0.3 is 14.8 Å². The normalized spacial score (nSPS) is 18.2. The summed E-state index contributed by atoms with van der Waals surface area (Å²) in [6.45, 7) is 3.18. The third-order valence-corrected chi connectivity index (χ3v) is 3.27. The van der Waals surface area contributed by atoms with Crippen LogP contribution in [0.5, 0.6) is 5.75 Å². The van der Waals surface area contributed by atoms with Gasteiger partial charge in [-0.15, -0.1) is 0 Å². The van der Waals surface area contributed by atoms with Crippen molar-refractivity contribution in [3.8, 4) is 5.75 Å². The lowest BCUT2D eigenvalue weighted by Crippen LogP contribution is -2.36. The molecule has 0 saturated carbocycles. The van der Waals surface area contributed by atoms with Gasteiger partial charge in [0.15, 0.2) is 0 Å². The summed E-state index contributed by atoms with van der Waals surface area (Å²) in [6.07, 6.45) is 0.176. The number of benzene rings is 1. The average Bonchev–Trinajstić information content (AvgIpc) is 2.74. The van der Waals surface area contributed by atoms with Crippen LogP contribution in [0.3, 0.4) is 0 Å². The lowest BCUT2D eigenvalue weighted by atomic mass is 10.2. The number of carbonyl (C=O) groups excluding carboxylic acids is 2. The second-order valence-electron chi connectivity index (χ2n) is 4.73. The Balaban J connectivity index is 1.96. The molecular weight excluding hydrogens is 272 g/mol. The number of imide groups is 1. The Bertz CT molecular complexity index is 501. The fourth-order valence-electron chi connectivity index (χ4n) is 2.23. The largest absolute Gasteiger partial charge is 0.494 e. The van der Waals surface area contributed by atoms with Crippen LogP contribution in [-0.4, -0.2) is 49.6 Å². The number of carbonyl (C=O) groups is 2. The smallest absolute Gasteiger partial charge is 0.252 e. The number of amides is 2. The van der Waals surface area contributed by atoms with Crippen LogP contribution in [0.4, 0.5) is 5.69 Å². The van der Waals surface area contributed by atoms with Gasteiger partial charge in [0.05, 0.1) is 26.2 Å². The van der Waals surface area contributed by atoms with Crippen molar-refractivity contribution in [2.24, 2.45) is 0 Å². The number of ether oxygens (including phenoxy) is 2. The number of anilines is 1. The minimum Gasteiger partial charge on any atom is -0.494 e. The number of hydrogen-bond donors (Lipinski definition) is 1. The van der Waals surface area contributed by atoms with Gasteiger partial charge in [0.1, 0.15) is 11.8 Å². The lowest BCUT2D eigenvalue weighted by molar-refractivity contribution is -0.139. The maximum absolute atomic E-state index is 12.2. The van der Waals surface area contributed by atoms with Crippen molar-refractivity contribution < 1.29 is 19.1 Å². The highest BCUT2D eigenvalue weighted by molar-refractivity contribution is 6.06. The Morgan fingerprint density at radius 3 is 2.62 bits per heavy atom. The second kappa shape index (κ2) is 7.08. The molecule has 21 heavy (non-hydrogen) atoms. The predicted molar refractivity (Wildman–Crippen MR) is 78.2 cm³/mol. The Kier molecular flexibility index (Phi) is 5.16. The number of likely N-dealkylation sites (tertiary alicyclic amines) is 1. The zero-order valence-corrected chi connectivity index (χ0v) is 12.3. The molecule has 0 bridgehead atoms. The molecule has 1 fully saturated rings. The van der Waals surface area contributed by atoms with E-state index in [1.165, 1.54) is 4.90 Å². The molecule has 1 N–H and O–H groups in total. The molecule has 1 aromatic rings. The van der Waals surface area contributed by atoms with Gasteiger partial charge in [-0.2, -0.15) is 0 Å². The summed E-state index contributed by atoms with van der Waals surface area (Å²) in [4.78, 5) is 25.2. The van der Waals surface area contributed by atoms with E-state index in [4.69, 9.17) is 9.47 Å². The Morgan fingerprint density at radius 2 is 2.00 bits per heavy atom. The van der Waals surface area contributed by atoms with Crippen LogP contribution >= 0.6 is 0 Å². The van der Waals surface area contributed by atoms with Gasteiger partial charge in [-0.05, 0) is 31.2 Å². The van der Waals surface area contributed by atoms with E-state index in [-0.39, 0.29) is 18.2 Å². The molecule has 0 radical (unpaired) electrons. The number of nitrogens with zero attached hydrogens (tertiary/aromatic N) is 1. The Hall–Kier alpha value is -2.08. The minimum atomic E-state index is -0.507.